The molecule has 0 saturated heterocycles. The van der Waals surface area contributed by atoms with E-state index >= 15 is 0 Å². The first kappa shape index (κ1) is 18.9. The summed E-state index contributed by atoms with van der Waals surface area (Å²) >= 11 is 1.03. The number of benzene rings is 1. The second kappa shape index (κ2) is 6.84. The Morgan fingerprint density at radius 3 is 2.71 bits per heavy atom. The molecule has 0 aliphatic heterocycles. The maximum atomic E-state index is 12.9. The van der Waals surface area contributed by atoms with Crippen LogP contribution in [0.1, 0.15) is 30.6 Å². The normalized spacial score (nSPS) is 21.5. The molecule has 0 amide bonds. The monoisotopic (exact) mass is 418 g/mol. The van der Waals surface area contributed by atoms with Gasteiger partial charge in [-0.2, -0.15) is 4.72 Å². The van der Waals surface area contributed by atoms with Crippen LogP contribution in [0.3, 0.4) is 0 Å². The number of carboxylic acids is 1. The van der Waals surface area contributed by atoms with Crippen LogP contribution in [0.5, 0.6) is 0 Å². The quantitative estimate of drug-likeness (QED) is 0.609. The summed E-state index contributed by atoms with van der Waals surface area (Å²) in [7, 11) is -4.00. The van der Waals surface area contributed by atoms with Crippen molar-refractivity contribution in [3.63, 3.8) is 0 Å². The molecule has 9 heteroatoms. The Morgan fingerprint density at radius 1 is 1.32 bits per heavy atom. The summed E-state index contributed by atoms with van der Waals surface area (Å²) in [6, 6.07) is 13.9. The van der Waals surface area contributed by atoms with Crippen molar-refractivity contribution in [1.29, 1.82) is 0 Å². The zero-order valence-corrected chi connectivity index (χ0v) is 16.6. The Balaban J connectivity index is 1.59. The Bertz CT molecular complexity index is 1120. The van der Waals surface area contributed by atoms with Gasteiger partial charge in [0.25, 0.3) is 10.0 Å². The highest BCUT2D eigenvalue weighted by Gasteiger charge is 2.63. The van der Waals surface area contributed by atoms with Crippen molar-refractivity contribution in [2.24, 2.45) is 0 Å². The summed E-state index contributed by atoms with van der Waals surface area (Å²) in [4.78, 5) is 12.5. The van der Waals surface area contributed by atoms with Gasteiger partial charge in [-0.25, -0.2) is 8.42 Å². The van der Waals surface area contributed by atoms with E-state index in [-0.39, 0.29) is 10.6 Å². The van der Waals surface area contributed by atoms with Gasteiger partial charge >= 0.3 is 5.97 Å². The summed E-state index contributed by atoms with van der Waals surface area (Å²) in [5.74, 6) is -0.867. The maximum absolute atomic E-state index is 12.9. The third-order valence-corrected chi connectivity index (χ3v) is 7.98. The predicted octanol–water partition coefficient (Wildman–Crippen LogP) is 3.25. The van der Waals surface area contributed by atoms with Gasteiger partial charge in [-0.3, -0.25) is 4.79 Å². The Labute approximate surface area is 166 Å². The van der Waals surface area contributed by atoms with E-state index in [1.54, 1.807) is 12.1 Å². The van der Waals surface area contributed by atoms with Gasteiger partial charge in [0.2, 0.25) is 0 Å². The number of aromatic nitrogens is 1. The van der Waals surface area contributed by atoms with Crippen LogP contribution in [-0.4, -0.2) is 30.2 Å². The smallest absolute Gasteiger partial charge is 0.325 e. The number of nitrogens with one attached hydrogen (secondary N) is 1. The standard InChI is InChI=1S/C19H18N2O5S2/c1-2-13-10-15(20-26-13)16-8-9-17(27-16)28(24,25)21-19(18(22)23)11-14(19)12-6-4-3-5-7-12/h3-10,14,21H,2,11H2,1H3,(H,22,23)/t14-,19-/m0/s1. The lowest BCUT2D eigenvalue weighted by Gasteiger charge is -2.14. The molecule has 7 nitrogen and oxygen atoms in total. The Morgan fingerprint density at radius 2 is 2.07 bits per heavy atom. The van der Waals surface area contributed by atoms with Gasteiger partial charge in [-0.15, -0.1) is 11.3 Å². The summed E-state index contributed by atoms with van der Waals surface area (Å²) in [6.45, 7) is 1.93. The van der Waals surface area contributed by atoms with E-state index in [2.05, 4.69) is 9.88 Å². The minimum Gasteiger partial charge on any atom is -0.480 e. The fourth-order valence-corrected chi connectivity index (χ4v) is 5.89. The molecule has 0 bridgehead atoms. The third-order valence-electron chi connectivity index (χ3n) is 4.87. The molecule has 146 valence electrons. The van der Waals surface area contributed by atoms with Gasteiger partial charge in [0.05, 0.1) is 4.88 Å². The SMILES string of the molecule is CCc1cc(-c2ccc(S(=O)(=O)N[C@@]3(C(=O)O)C[C@H]3c3ccccc3)s2)no1. The van der Waals surface area contributed by atoms with Gasteiger partial charge in [-0.1, -0.05) is 42.4 Å². The van der Waals surface area contributed by atoms with E-state index in [9.17, 15) is 18.3 Å². The molecule has 1 saturated carbocycles. The molecule has 0 spiro atoms. The fourth-order valence-electron chi connectivity index (χ4n) is 3.23. The minimum atomic E-state index is -4.00. The zero-order chi connectivity index (χ0) is 19.9. The molecule has 2 aromatic heterocycles. The second-order valence-corrected chi connectivity index (χ2v) is 9.69. The molecule has 2 atom stereocenters. The van der Waals surface area contributed by atoms with Crippen molar-refractivity contribution >= 4 is 27.3 Å². The van der Waals surface area contributed by atoms with E-state index in [1.807, 2.05) is 37.3 Å². The van der Waals surface area contributed by atoms with Crippen molar-refractivity contribution in [3.8, 4) is 10.6 Å². The molecule has 3 aromatic rings. The molecule has 4 rings (SSSR count). The van der Waals surface area contributed by atoms with Crippen molar-refractivity contribution in [2.75, 3.05) is 0 Å². The van der Waals surface area contributed by atoms with Crippen LogP contribution in [0, 0.1) is 0 Å². The molecule has 1 aliphatic rings. The second-order valence-electron chi connectivity index (χ2n) is 6.70. The maximum Gasteiger partial charge on any atom is 0.325 e. The van der Waals surface area contributed by atoms with Crippen LogP contribution in [0.2, 0.25) is 0 Å². The lowest BCUT2D eigenvalue weighted by atomic mass is 10.1. The first-order valence-corrected chi connectivity index (χ1v) is 11.0. The number of nitrogens with zero attached hydrogens (tertiary/aromatic N) is 1. The van der Waals surface area contributed by atoms with Crippen LogP contribution < -0.4 is 4.72 Å². The van der Waals surface area contributed by atoms with E-state index < -0.39 is 27.4 Å². The summed E-state index contributed by atoms with van der Waals surface area (Å²) < 4.78 is 33.4. The Kier molecular flexibility index (Phi) is 4.60. The van der Waals surface area contributed by atoms with Crippen LogP contribution in [0.15, 0.2) is 57.3 Å². The molecule has 1 aromatic carbocycles. The minimum absolute atomic E-state index is 0.0443. The predicted molar refractivity (Wildman–Crippen MR) is 104 cm³/mol. The van der Waals surface area contributed by atoms with Crippen molar-refractivity contribution in [1.82, 2.24) is 9.88 Å². The number of carboxylic acid groups (broad SMARTS) is 1. The zero-order valence-electron chi connectivity index (χ0n) is 15.0. The largest absolute Gasteiger partial charge is 0.480 e. The van der Waals surface area contributed by atoms with E-state index in [0.29, 0.717) is 22.8 Å². The van der Waals surface area contributed by atoms with Crippen LogP contribution >= 0.6 is 11.3 Å². The highest BCUT2D eigenvalue weighted by molar-refractivity contribution is 7.91. The first-order chi connectivity index (χ1) is 13.4. The van der Waals surface area contributed by atoms with Crippen molar-refractivity contribution in [3.05, 3.63) is 59.9 Å². The van der Waals surface area contributed by atoms with Gasteiger partial charge < -0.3 is 9.63 Å². The Hall–Kier alpha value is -2.49. The van der Waals surface area contributed by atoms with E-state index in [0.717, 1.165) is 16.9 Å². The topological polar surface area (TPSA) is 110 Å². The molecule has 28 heavy (non-hydrogen) atoms. The molecule has 0 radical (unpaired) electrons. The fraction of sp³-hybridized carbons (Fsp3) is 0.263. The van der Waals surface area contributed by atoms with Crippen LogP contribution in [0.4, 0.5) is 0 Å². The third kappa shape index (κ3) is 3.25. The first-order valence-electron chi connectivity index (χ1n) is 8.74. The molecular weight excluding hydrogens is 400 g/mol. The highest BCUT2D eigenvalue weighted by atomic mass is 32.2. The number of aryl methyl sites for hydroxylation is 1. The number of aliphatic carboxylic acids is 1. The summed E-state index contributed by atoms with van der Waals surface area (Å²) in [6.07, 6.45) is 0.903. The highest BCUT2D eigenvalue weighted by Crippen LogP contribution is 2.52. The number of sulfonamides is 1. The molecule has 1 fully saturated rings. The number of rotatable bonds is 7. The van der Waals surface area contributed by atoms with Gasteiger partial charge in [0.1, 0.15) is 21.2 Å². The van der Waals surface area contributed by atoms with Gasteiger partial charge in [0, 0.05) is 18.4 Å². The lowest BCUT2D eigenvalue weighted by Crippen LogP contribution is -2.44. The summed E-state index contributed by atoms with van der Waals surface area (Å²) in [5.41, 5.74) is -0.160. The van der Waals surface area contributed by atoms with Crippen molar-refractivity contribution in [2.45, 2.75) is 35.4 Å². The number of thiophene rings is 1. The van der Waals surface area contributed by atoms with Crippen molar-refractivity contribution < 1.29 is 22.8 Å². The molecule has 0 unspecified atom stereocenters. The summed E-state index contributed by atoms with van der Waals surface area (Å²) in [5, 5.41) is 13.7. The van der Waals surface area contributed by atoms with Crippen LogP contribution in [-0.2, 0) is 21.2 Å². The average Bonchev–Trinajstić information content (AvgIpc) is 3.05. The molecular formula is C19H18N2O5S2. The number of carbonyl (C=O) groups is 1. The number of hydrogen-bond acceptors (Lipinski definition) is 6. The molecule has 1 aliphatic carbocycles. The lowest BCUT2D eigenvalue weighted by molar-refractivity contribution is -0.140. The van der Waals surface area contributed by atoms with Gasteiger partial charge in [-0.05, 0) is 24.1 Å². The average molecular weight is 418 g/mol. The van der Waals surface area contributed by atoms with Crippen LogP contribution in [0.25, 0.3) is 10.6 Å². The van der Waals surface area contributed by atoms with Gasteiger partial charge in [0.15, 0.2) is 0 Å². The van der Waals surface area contributed by atoms with E-state index in [1.165, 1.54) is 6.07 Å². The molecule has 2 heterocycles. The number of hydrogen-bond donors (Lipinski definition) is 2. The van der Waals surface area contributed by atoms with E-state index in [4.69, 9.17) is 4.52 Å². The molecule has 2 N–H and O–H groups in total.